The number of nitrogens with two attached hydrogens (primary N) is 1. The first-order chi connectivity index (χ1) is 6.74. The lowest BCUT2D eigenvalue weighted by atomic mass is 9.73. The molecule has 2 aliphatic carbocycles. The number of rotatable bonds is 0. The van der Waals surface area contributed by atoms with E-state index in [1.54, 1.807) is 0 Å². The van der Waals surface area contributed by atoms with Gasteiger partial charge in [0.05, 0.1) is 0 Å². The van der Waals surface area contributed by atoms with Crippen molar-refractivity contribution in [3.63, 3.8) is 0 Å². The van der Waals surface area contributed by atoms with Gasteiger partial charge in [-0.05, 0) is 56.3 Å². The van der Waals surface area contributed by atoms with Gasteiger partial charge in [-0.3, -0.25) is 0 Å². The maximum Gasteiger partial charge on any atom is 0.00389 e. The van der Waals surface area contributed by atoms with Crippen LogP contribution in [-0.4, -0.2) is 6.04 Å². The molecule has 1 heteroatoms. The van der Waals surface area contributed by atoms with E-state index in [2.05, 4.69) is 6.92 Å². The maximum atomic E-state index is 6.09. The molecule has 0 aromatic heterocycles. The summed E-state index contributed by atoms with van der Waals surface area (Å²) in [6.45, 7) is 2.44. The highest BCUT2D eigenvalue weighted by atomic mass is 14.6. The molecule has 1 nitrogen and oxygen atoms in total. The largest absolute Gasteiger partial charge is 0.328 e. The number of fused-ring (bicyclic) bond motifs is 2. The van der Waals surface area contributed by atoms with Crippen molar-refractivity contribution in [1.29, 1.82) is 0 Å². The Kier molecular flexibility index (Phi) is 3.48. The van der Waals surface area contributed by atoms with Gasteiger partial charge in [-0.1, -0.05) is 19.8 Å². The highest BCUT2D eigenvalue weighted by molar-refractivity contribution is 4.80. The van der Waals surface area contributed by atoms with Crippen molar-refractivity contribution in [2.75, 3.05) is 0 Å². The van der Waals surface area contributed by atoms with Crippen molar-refractivity contribution in [3.8, 4) is 0 Å². The summed E-state index contributed by atoms with van der Waals surface area (Å²) in [7, 11) is 0. The molecule has 2 aliphatic rings. The van der Waals surface area contributed by atoms with Crippen LogP contribution >= 0.6 is 0 Å². The van der Waals surface area contributed by atoms with Crippen molar-refractivity contribution >= 4 is 0 Å². The third-order valence-electron chi connectivity index (χ3n) is 4.27. The molecule has 4 atom stereocenters. The third-order valence-corrected chi connectivity index (χ3v) is 4.27. The van der Waals surface area contributed by atoms with Crippen LogP contribution in [0.1, 0.15) is 58.3 Å². The molecular weight excluding hydrogens is 170 g/mol. The molecular formula is C13H25N. The van der Waals surface area contributed by atoms with Gasteiger partial charge < -0.3 is 5.73 Å². The summed E-state index contributed by atoms with van der Waals surface area (Å²) in [5, 5.41) is 0. The Balaban J connectivity index is 1.95. The van der Waals surface area contributed by atoms with E-state index in [0.29, 0.717) is 6.04 Å². The third kappa shape index (κ3) is 2.73. The summed E-state index contributed by atoms with van der Waals surface area (Å²) in [6, 6.07) is 0.504. The fourth-order valence-corrected chi connectivity index (χ4v) is 3.63. The van der Waals surface area contributed by atoms with E-state index in [9.17, 15) is 0 Å². The molecule has 2 rings (SSSR count). The molecule has 14 heavy (non-hydrogen) atoms. The van der Waals surface area contributed by atoms with E-state index in [4.69, 9.17) is 5.73 Å². The Hall–Kier alpha value is -0.0400. The standard InChI is InChI=1S/C13H25N/c1-10-7-11-3-2-4-13(14)6-5-12(8-10)9-11/h10-13H,2-9,14H2,1H3. The van der Waals surface area contributed by atoms with Gasteiger partial charge >= 0.3 is 0 Å². The summed E-state index contributed by atoms with van der Waals surface area (Å²) in [6.07, 6.45) is 11.3. The summed E-state index contributed by atoms with van der Waals surface area (Å²) >= 11 is 0. The summed E-state index contributed by atoms with van der Waals surface area (Å²) in [5.41, 5.74) is 6.09. The quantitative estimate of drug-likeness (QED) is 0.630. The second-order valence-electron chi connectivity index (χ2n) is 5.81. The van der Waals surface area contributed by atoms with E-state index in [1.165, 1.54) is 51.4 Å². The number of hydrogen-bond donors (Lipinski definition) is 1. The smallest absolute Gasteiger partial charge is 0.00389 e. The summed E-state index contributed by atoms with van der Waals surface area (Å²) in [4.78, 5) is 0. The Morgan fingerprint density at radius 1 is 0.857 bits per heavy atom. The minimum absolute atomic E-state index is 0.504. The molecule has 0 amide bonds. The van der Waals surface area contributed by atoms with Crippen molar-refractivity contribution in [1.82, 2.24) is 0 Å². The van der Waals surface area contributed by atoms with Crippen LogP contribution in [0, 0.1) is 17.8 Å². The van der Waals surface area contributed by atoms with Crippen molar-refractivity contribution in [2.45, 2.75) is 64.3 Å². The molecule has 2 fully saturated rings. The monoisotopic (exact) mass is 195 g/mol. The average Bonchev–Trinajstić information content (AvgIpc) is 2.18. The van der Waals surface area contributed by atoms with Gasteiger partial charge in [0.25, 0.3) is 0 Å². The van der Waals surface area contributed by atoms with Gasteiger partial charge in [-0.15, -0.1) is 0 Å². The zero-order valence-corrected chi connectivity index (χ0v) is 9.54. The van der Waals surface area contributed by atoms with E-state index in [1.807, 2.05) is 0 Å². The average molecular weight is 195 g/mol. The molecule has 0 aromatic carbocycles. The van der Waals surface area contributed by atoms with Crippen LogP contribution < -0.4 is 5.73 Å². The highest BCUT2D eigenvalue weighted by Gasteiger charge is 2.27. The Bertz CT molecular complexity index is 178. The normalized spacial score (nSPS) is 45.0. The Labute approximate surface area is 88.4 Å². The summed E-state index contributed by atoms with van der Waals surface area (Å²) < 4.78 is 0. The van der Waals surface area contributed by atoms with Crippen molar-refractivity contribution < 1.29 is 0 Å². The molecule has 4 unspecified atom stereocenters. The van der Waals surface area contributed by atoms with Gasteiger partial charge in [-0.25, -0.2) is 0 Å². The van der Waals surface area contributed by atoms with Crippen LogP contribution in [-0.2, 0) is 0 Å². The van der Waals surface area contributed by atoms with Crippen LogP contribution in [0.2, 0.25) is 0 Å². The minimum Gasteiger partial charge on any atom is -0.328 e. The minimum atomic E-state index is 0.504. The molecule has 2 saturated carbocycles. The van der Waals surface area contributed by atoms with Crippen molar-refractivity contribution in [2.24, 2.45) is 23.5 Å². The van der Waals surface area contributed by atoms with Crippen LogP contribution in [0.3, 0.4) is 0 Å². The molecule has 0 saturated heterocycles. The SMILES string of the molecule is CC1CC2CCCC(N)CCC(C1)C2. The fraction of sp³-hybridized carbons (Fsp3) is 1.00. The first kappa shape index (κ1) is 10.5. The van der Waals surface area contributed by atoms with E-state index in [-0.39, 0.29) is 0 Å². The topological polar surface area (TPSA) is 26.0 Å². The Morgan fingerprint density at radius 2 is 1.57 bits per heavy atom. The second kappa shape index (κ2) is 4.65. The predicted octanol–water partition coefficient (Wildman–Crippen LogP) is 3.33. The van der Waals surface area contributed by atoms with Gasteiger partial charge in [0.15, 0.2) is 0 Å². The molecule has 2 bridgehead atoms. The lowest BCUT2D eigenvalue weighted by Gasteiger charge is -2.32. The lowest BCUT2D eigenvalue weighted by Crippen LogP contribution is -2.22. The van der Waals surface area contributed by atoms with Gasteiger partial charge in [0.1, 0.15) is 0 Å². The predicted molar refractivity (Wildman–Crippen MR) is 61.1 cm³/mol. The van der Waals surface area contributed by atoms with E-state index in [0.717, 1.165) is 17.8 Å². The van der Waals surface area contributed by atoms with Crippen LogP contribution in [0.4, 0.5) is 0 Å². The molecule has 2 N–H and O–H groups in total. The molecule has 0 aromatic rings. The fourth-order valence-electron chi connectivity index (χ4n) is 3.63. The first-order valence-corrected chi connectivity index (χ1v) is 6.49. The van der Waals surface area contributed by atoms with Crippen LogP contribution in [0.15, 0.2) is 0 Å². The molecule has 0 radical (unpaired) electrons. The van der Waals surface area contributed by atoms with Gasteiger partial charge in [0, 0.05) is 6.04 Å². The number of hydrogen-bond acceptors (Lipinski definition) is 1. The maximum absolute atomic E-state index is 6.09. The van der Waals surface area contributed by atoms with Crippen molar-refractivity contribution in [3.05, 3.63) is 0 Å². The molecule has 82 valence electrons. The molecule has 0 aliphatic heterocycles. The first-order valence-electron chi connectivity index (χ1n) is 6.49. The van der Waals surface area contributed by atoms with E-state index >= 15 is 0 Å². The summed E-state index contributed by atoms with van der Waals surface area (Å²) in [5.74, 6) is 3.02. The molecule has 0 spiro atoms. The second-order valence-corrected chi connectivity index (χ2v) is 5.81. The Morgan fingerprint density at radius 3 is 2.36 bits per heavy atom. The highest BCUT2D eigenvalue weighted by Crippen LogP contribution is 2.39. The van der Waals surface area contributed by atoms with Crippen LogP contribution in [0.5, 0.6) is 0 Å². The lowest BCUT2D eigenvalue weighted by molar-refractivity contribution is 0.191. The molecule has 0 heterocycles. The van der Waals surface area contributed by atoms with E-state index < -0.39 is 0 Å². The van der Waals surface area contributed by atoms with Gasteiger partial charge in [0.2, 0.25) is 0 Å². The van der Waals surface area contributed by atoms with Crippen LogP contribution in [0.25, 0.3) is 0 Å². The zero-order valence-electron chi connectivity index (χ0n) is 9.54. The zero-order chi connectivity index (χ0) is 9.97. The van der Waals surface area contributed by atoms with Gasteiger partial charge in [-0.2, -0.15) is 0 Å².